The summed E-state index contributed by atoms with van der Waals surface area (Å²) < 4.78 is 5.19. The van der Waals surface area contributed by atoms with Crippen LogP contribution in [0.3, 0.4) is 0 Å². The Balaban J connectivity index is 1.92. The summed E-state index contributed by atoms with van der Waals surface area (Å²) in [5, 5.41) is 21.2. The molecule has 134 valence electrons. The van der Waals surface area contributed by atoms with Gasteiger partial charge in [-0.3, -0.25) is 0 Å². The lowest BCUT2D eigenvalue weighted by molar-refractivity contribution is -0.200. The van der Waals surface area contributed by atoms with Crippen LogP contribution in [0.25, 0.3) is 0 Å². The zero-order valence-corrected chi connectivity index (χ0v) is 14.9. The molecule has 0 aliphatic heterocycles. The minimum absolute atomic E-state index is 0.0344. The fourth-order valence-electron chi connectivity index (χ4n) is 5.68. The maximum Gasteiger partial charge on any atom is 0.126 e. The number of hydrogen-bond acceptors (Lipinski definition) is 4. The second-order valence-corrected chi connectivity index (χ2v) is 8.52. The van der Waals surface area contributed by atoms with E-state index in [0.717, 1.165) is 25.5 Å². The molecule has 24 heavy (non-hydrogen) atoms. The van der Waals surface area contributed by atoms with Crippen molar-refractivity contribution in [3.63, 3.8) is 0 Å². The lowest BCUT2D eigenvalue weighted by Crippen LogP contribution is -2.62. The number of rotatable bonds is 4. The topological polar surface area (TPSA) is 70.7 Å². The quantitative estimate of drug-likeness (QED) is 0.830. The monoisotopic (exact) mass is 334 g/mol. The Hall–Kier alpha value is -1.13. The van der Waals surface area contributed by atoms with Crippen molar-refractivity contribution in [3.05, 3.63) is 24.2 Å². The summed E-state index contributed by atoms with van der Waals surface area (Å²) in [6.45, 7) is 6.55. The summed E-state index contributed by atoms with van der Waals surface area (Å²) >= 11 is 0. The van der Waals surface area contributed by atoms with Gasteiger partial charge in [0, 0.05) is 11.3 Å². The summed E-state index contributed by atoms with van der Waals surface area (Å²) in [6, 6.07) is 2.00. The van der Waals surface area contributed by atoms with Crippen molar-refractivity contribution >= 4 is 6.29 Å². The Kier molecular flexibility index (Phi) is 4.65. The number of aryl methyl sites for hydroxylation is 1. The molecule has 0 saturated heterocycles. The van der Waals surface area contributed by atoms with Gasteiger partial charge in [0.2, 0.25) is 0 Å². The van der Waals surface area contributed by atoms with Gasteiger partial charge < -0.3 is 19.4 Å². The van der Waals surface area contributed by atoms with Crippen LogP contribution in [0.5, 0.6) is 0 Å². The number of hydrogen-bond donors (Lipinski definition) is 2. The molecule has 1 aromatic rings. The Bertz CT molecular complexity index is 568. The molecule has 7 unspecified atom stereocenters. The van der Waals surface area contributed by atoms with E-state index in [1.807, 2.05) is 13.0 Å². The maximum absolute atomic E-state index is 11.7. The third-order valence-electron chi connectivity index (χ3n) is 7.53. The minimum Gasteiger partial charge on any atom is -0.472 e. The molecule has 3 rings (SSSR count). The second kappa shape index (κ2) is 6.30. The summed E-state index contributed by atoms with van der Waals surface area (Å²) in [5.74, 6) is 0.126. The zero-order chi connectivity index (χ0) is 17.5. The summed E-state index contributed by atoms with van der Waals surface area (Å²) in [4.78, 5) is 11.7. The molecule has 2 aliphatic rings. The van der Waals surface area contributed by atoms with E-state index in [2.05, 4.69) is 13.8 Å². The zero-order valence-electron chi connectivity index (χ0n) is 14.9. The highest BCUT2D eigenvalue weighted by atomic mass is 16.3. The standard InChI is InChI=1S/C20H30O4/c1-13-10-18(23)20(3)15(11-21)16(22)4-5-17(20)19(13,2)8-6-14-7-9-24-12-14/h7,9,11-13,15-18,22-23H,4-6,8,10H2,1-3H3. The van der Waals surface area contributed by atoms with Crippen molar-refractivity contribution < 1.29 is 19.4 Å². The van der Waals surface area contributed by atoms with Crippen molar-refractivity contribution in [2.24, 2.45) is 28.6 Å². The minimum atomic E-state index is -0.634. The molecule has 0 aromatic carbocycles. The smallest absolute Gasteiger partial charge is 0.126 e. The SMILES string of the molecule is CC1CC(O)C2(C)C(C=O)C(O)CCC2C1(C)CCc1ccoc1. The van der Waals surface area contributed by atoms with E-state index in [1.54, 1.807) is 12.5 Å². The third kappa shape index (κ3) is 2.55. The van der Waals surface area contributed by atoms with Crippen molar-refractivity contribution in [1.82, 2.24) is 0 Å². The van der Waals surface area contributed by atoms with Gasteiger partial charge >= 0.3 is 0 Å². The lowest BCUT2D eigenvalue weighted by Gasteiger charge is -2.62. The van der Waals surface area contributed by atoms with Gasteiger partial charge in [-0.05, 0) is 61.0 Å². The molecular weight excluding hydrogens is 304 g/mol. The van der Waals surface area contributed by atoms with Crippen LogP contribution in [0.2, 0.25) is 0 Å². The lowest BCUT2D eigenvalue weighted by atomic mass is 9.43. The number of aldehydes is 1. The van der Waals surface area contributed by atoms with Gasteiger partial charge in [0.15, 0.2) is 0 Å². The van der Waals surface area contributed by atoms with Crippen molar-refractivity contribution in [2.45, 2.75) is 65.1 Å². The molecule has 1 heterocycles. The van der Waals surface area contributed by atoms with Crippen LogP contribution in [0.4, 0.5) is 0 Å². The maximum atomic E-state index is 11.7. The number of furan rings is 1. The van der Waals surface area contributed by atoms with Gasteiger partial charge in [0.25, 0.3) is 0 Å². The number of fused-ring (bicyclic) bond motifs is 1. The van der Waals surface area contributed by atoms with E-state index in [-0.39, 0.29) is 11.3 Å². The molecule has 2 N–H and O–H groups in total. The molecule has 0 bridgehead atoms. The highest BCUT2D eigenvalue weighted by molar-refractivity contribution is 5.57. The van der Waals surface area contributed by atoms with E-state index in [4.69, 9.17) is 4.42 Å². The van der Waals surface area contributed by atoms with Gasteiger partial charge in [-0.15, -0.1) is 0 Å². The summed E-state index contributed by atoms with van der Waals surface area (Å²) in [5.41, 5.74) is 0.683. The first kappa shape index (κ1) is 17.7. The Morgan fingerprint density at radius 3 is 2.71 bits per heavy atom. The fraction of sp³-hybridized carbons (Fsp3) is 0.750. The Morgan fingerprint density at radius 2 is 2.08 bits per heavy atom. The first-order valence-electron chi connectivity index (χ1n) is 9.16. The number of carbonyl (C=O) groups is 1. The summed E-state index contributed by atoms with van der Waals surface area (Å²) in [6.07, 6.45) is 7.35. The molecule has 1 aromatic heterocycles. The van der Waals surface area contributed by atoms with Crippen LogP contribution in [-0.2, 0) is 11.2 Å². The molecule has 4 nitrogen and oxygen atoms in total. The van der Waals surface area contributed by atoms with Crippen LogP contribution in [0, 0.1) is 28.6 Å². The summed E-state index contributed by atoms with van der Waals surface area (Å²) in [7, 11) is 0. The molecule has 2 fully saturated rings. The fourth-order valence-corrected chi connectivity index (χ4v) is 5.68. The highest BCUT2D eigenvalue weighted by Crippen LogP contribution is 2.62. The van der Waals surface area contributed by atoms with Crippen LogP contribution in [0.1, 0.15) is 52.0 Å². The van der Waals surface area contributed by atoms with Gasteiger partial charge in [0.1, 0.15) is 6.29 Å². The van der Waals surface area contributed by atoms with Gasteiger partial charge in [-0.1, -0.05) is 20.8 Å². The number of aliphatic hydroxyl groups excluding tert-OH is 2. The first-order chi connectivity index (χ1) is 11.3. The van der Waals surface area contributed by atoms with Crippen LogP contribution >= 0.6 is 0 Å². The molecule has 2 aliphatic carbocycles. The highest BCUT2D eigenvalue weighted by Gasteiger charge is 2.61. The molecule has 7 atom stereocenters. The molecule has 0 radical (unpaired) electrons. The van der Waals surface area contributed by atoms with Crippen LogP contribution < -0.4 is 0 Å². The van der Waals surface area contributed by atoms with E-state index in [9.17, 15) is 15.0 Å². The Labute approximate surface area is 144 Å². The molecule has 0 amide bonds. The van der Waals surface area contributed by atoms with E-state index in [0.29, 0.717) is 18.8 Å². The predicted octanol–water partition coefficient (Wildman–Crippen LogP) is 3.21. The average molecular weight is 334 g/mol. The van der Waals surface area contributed by atoms with E-state index < -0.39 is 23.5 Å². The van der Waals surface area contributed by atoms with Gasteiger partial charge in [-0.25, -0.2) is 0 Å². The van der Waals surface area contributed by atoms with Gasteiger partial charge in [0.05, 0.1) is 24.7 Å². The van der Waals surface area contributed by atoms with Crippen molar-refractivity contribution in [2.75, 3.05) is 0 Å². The molecule has 2 saturated carbocycles. The largest absolute Gasteiger partial charge is 0.472 e. The number of carbonyl (C=O) groups excluding carboxylic acids is 1. The third-order valence-corrected chi connectivity index (χ3v) is 7.53. The van der Waals surface area contributed by atoms with Gasteiger partial charge in [-0.2, -0.15) is 0 Å². The van der Waals surface area contributed by atoms with Crippen LogP contribution in [-0.4, -0.2) is 28.7 Å². The molecule has 0 spiro atoms. The first-order valence-corrected chi connectivity index (χ1v) is 9.16. The normalized spacial score (nSPS) is 45.6. The van der Waals surface area contributed by atoms with E-state index in [1.165, 1.54) is 5.56 Å². The average Bonchev–Trinajstić information content (AvgIpc) is 3.05. The molecule has 4 heteroatoms. The predicted molar refractivity (Wildman–Crippen MR) is 91.3 cm³/mol. The number of aliphatic hydroxyl groups is 2. The molecular formula is C20H30O4. The van der Waals surface area contributed by atoms with Crippen molar-refractivity contribution in [3.8, 4) is 0 Å². The van der Waals surface area contributed by atoms with Crippen molar-refractivity contribution in [1.29, 1.82) is 0 Å². The second-order valence-electron chi connectivity index (χ2n) is 8.52. The van der Waals surface area contributed by atoms with Crippen LogP contribution in [0.15, 0.2) is 23.0 Å². The Morgan fingerprint density at radius 1 is 1.33 bits per heavy atom. The van der Waals surface area contributed by atoms with E-state index >= 15 is 0 Å².